The van der Waals surface area contributed by atoms with Crippen molar-refractivity contribution < 1.29 is 4.74 Å². The van der Waals surface area contributed by atoms with E-state index in [4.69, 9.17) is 10.5 Å². The molecule has 0 aromatic carbocycles. The second-order valence-corrected chi connectivity index (χ2v) is 5.80. The molecule has 0 saturated carbocycles. The Morgan fingerprint density at radius 2 is 1.86 bits per heavy atom. The number of morpholine rings is 1. The first-order valence-electron chi connectivity index (χ1n) is 8.58. The highest BCUT2D eigenvalue weighted by atomic mass is 127. The highest BCUT2D eigenvalue weighted by molar-refractivity contribution is 14.0. The third-order valence-electron chi connectivity index (χ3n) is 4.39. The molecule has 1 saturated heterocycles. The van der Waals surface area contributed by atoms with Crippen LogP contribution in [0.2, 0.25) is 0 Å². The summed E-state index contributed by atoms with van der Waals surface area (Å²) in [5.41, 5.74) is 5.97. The number of guanidine groups is 1. The van der Waals surface area contributed by atoms with Crippen LogP contribution in [0.4, 0.5) is 0 Å². The van der Waals surface area contributed by atoms with E-state index >= 15 is 0 Å². The summed E-state index contributed by atoms with van der Waals surface area (Å²) in [4.78, 5) is 7.12. The van der Waals surface area contributed by atoms with Crippen molar-refractivity contribution in [3.63, 3.8) is 0 Å². The molecule has 22 heavy (non-hydrogen) atoms. The van der Waals surface area contributed by atoms with Crippen molar-refractivity contribution in [1.82, 2.24) is 10.2 Å². The first-order valence-corrected chi connectivity index (χ1v) is 8.58. The zero-order chi connectivity index (χ0) is 15.5. The predicted molar refractivity (Wildman–Crippen MR) is 105 cm³/mol. The molecule has 1 unspecified atom stereocenters. The van der Waals surface area contributed by atoms with E-state index in [2.05, 4.69) is 36.0 Å². The van der Waals surface area contributed by atoms with Gasteiger partial charge in [-0.3, -0.25) is 9.89 Å². The average Bonchev–Trinajstić information content (AvgIpc) is 2.52. The monoisotopic (exact) mass is 426 g/mol. The third-order valence-corrected chi connectivity index (χ3v) is 4.39. The van der Waals surface area contributed by atoms with Gasteiger partial charge in [-0.15, -0.1) is 24.0 Å². The fourth-order valence-electron chi connectivity index (χ4n) is 2.95. The highest BCUT2D eigenvalue weighted by Gasteiger charge is 2.26. The SMILES string of the molecule is CCCCNC(N)=NCC(C(CC)CC)N1CCOCC1.I. The molecule has 132 valence electrons. The lowest BCUT2D eigenvalue weighted by molar-refractivity contribution is 0.00396. The van der Waals surface area contributed by atoms with E-state index in [1.165, 1.54) is 19.3 Å². The standard InChI is InChI=1S/C16H34N4O.HI/c1-4-7-8-18-16(17)19-13-15(14(5-2)6-3)20-9-11-21-12-10-20;/h14-15H,4-13H2,1-3H3,(H3,17,18,19);1H. The number of halogens is 1. The minimum Gasteiger partial charge on any atom is -0.379 e. The Bertz CT molecular complexity index is 292. The van der Waals surface area contributed by atoms with Crippen molar-refractivity contribution in [2.45, 2.75) is 52.5 Å². The second-order valence-electron chi connectivity index (χ2n) is 5.80. The Morgan fingerprint density at radius 1 is 1.23 bits per heavy atom. The summed E-state index contributed by atoms with van der Waals surface area (Å²) >= 11 is 0. The number of rotatable bonds is 9. The molecule has 1 aliphatic rings. The van der Waals surface area contributed by atoms with Crippen LogP contribution in [-0.2, 0) is 4.74 Å². The first kappa shape index (κ1) is 21.9. The summed E-state index contributed by atoms with van der Waals surface area (Å²) in [6.07, 6.45) is 4.69. The number of aliphatic imine (C=N–C) groups is 1. The van der Waals surface area contributed by atoms with Crippen LogP contribution >= 0.6 is 24.0 Å². The van der Waals surface area contributed by atoms with E-state index in [9.17, 15) is 0 Å². The zero-order valence-corrected chi connectivity index (χ0v) is 16.8. The molecular formula is C16H35IN4O. The van der Waals surface area contributed by atoms with Crippen LogP contribution in [0, 0.1) is 5.92 Å². The van der Waals surface area contributed by atoms with Crippen LogP contribution < -0.4 is 11.1 Å². The quantitative estimate of drug-likeness (QED) is 0.257. The van der Waals surface area contributed by atoms with E-state index in [1.807, 2.05) is 0 Å². The summed E-state index contributed by atoms with van der Waals surface area (Å²) in [6, 6.07) is 0.482. The minimum absolute atomic E-state index is 0. The van der Waals surface area contributed by atoms with Crippen LogP contribution in [0.25, 0.3) is 0 Å². The Labute approximate surface area is 153 Å². The zero-order valence-electron chi connectivity index (χ0n) is 14.5. The van der Waals surface area contributed by atoms with Gasteiger partial charge in [0.15, 0.2) is 5.96 Å². The fraction of sp³-hybridized carbons (Fsp3) is 0.938. The molecule has 0 aliphatic carbocycles. The number of hydrogen-bond donors (Lipinski definition) is 2. The molecule has 0 amide bonds. The molecule has 1 aliphatic heterocycles. The van der Waals surface area contributed by atoms with Gasteiger partial charge in [0.1, 0.15) is 0 Å². The number of nitrogens with one attached hydrogen (secondary N) is 1. The van der Waals surface area contributed by atoms with Gasteiger partial charge in [-0.1, -0.05) is 40.0 Å². The molecule has 0 bridgehead atoms. The van der Waals surface area contributed by atoms with Crippen molar-refractivity contribution in [3.05, 3.63) is 0 Å². The first-order chi connectivity index (χ1) is 10.2. The van der Waals surface area contributed by atoms with Crippen molar-refractivity contribution in [3.8, 4) is 0 Å². The van der Waals surface area contributed by atoms with E-state index < -0.39 is 0 Å². The normalized spacial score (nSPS) is 18.1. The molecule has 0 spiro atoms. The molecule has 0 aromatic rings. The summed E-state index contributed by atoms with van der Waals surface area (Å²) in [5.74, 6) is 1.27. The second kappa shape index (κ2) is 13.4. The maximum absolute atomic E-state index is 5.97. The van der Waals surface area contributed by atoms with Crippen molar-refractivity contribution in [2.75, 3.05) is 39.4 Å². The van der Waals surface area contributed by atoms with Gasteiger partial charge in [0.25, 0.3) is 0 Å². The van der Waals surface area contributed by atoms with Crippen molar-refractivity contribution in [2.24, 2.45) is 16.6 Å². The Balaban J connectivity index is 0.00000441. The minimum atomic E-state index is 0. The predicted octanol–water partition coefficient (Wildman–Crippen LogP) is 2.45. The van der Waals surface area contributed by atoms with Gasteiger partial charge in [-0.2, -0.15) is 0 Å². The lowest BCUT2D eigenvalue weighted by Gasteiger charge is -2.38. The third kappa shape index (κ3) is 7.97. The average molecular weight is 426 g/mol. The Morgan fingerprint density at radius 3 is 2.41 bits per heavy atom. The van der Waals surface area contributed by atoms with Gasteiger partial charge >= 0.3 is 0 Å². The number of nitrogens with two attached hydrogens (primary N) is 1. The van der Waals surface area contributed by atoms with Crippen LogP contribution in [0.1, 0.15) is 46.5 Å². The van der Waals surface area contributed by atoms with Crippen LogP contribution in [0.5, 0.6) is 0 Å². The molecule has 0 aromatic heterocycles. The van der Waals surface area contributed by atoms with Gasteiger partial charge in [-0.25, -0.2) is 0 Å². The van der Waals surface area contributed by atoms with Gasteiger partial charge in [0, 0.05) is 25.7 Å². The summed E-state index contributed by atoms with van der Waals surface area (Å²) in [7, 11) is 0. The summed E-state index contributed by atoms with van der Waals surface area (Å²) < 4.78 is 5.47. The molecule has 1 atom stereocenters. The molecule has 1 fully saturated rings. The lowest BCUT2D eigenvalue weighted by atomic mass is 9.92. The lowest BCUT2D eigenvalue weighted by Crippen LogP contribution is -2.49. The molecular weight excluding hydrogens is 391 g/mol. The Hall–Kier alpha value is -0.0800. The van der Waals surface area contributed by atoms with Crippen molar-refractivity contribution in [1.29, 1.82) is 0 Å². The number of hydrogen-bond acceptors (Lipinski definition) is 3. The maximum Gasteiger partial charge on any atom is 0.188 e. The van der Waals surface area contributed by atoms with Crippen LogP contribution in [0.3, 0.4) is 0 Å². The fourth-order valence-corrected chi connectivity index (χ4v) is 2.95. The smallest absolute Gasteiger partial charge is 0.188 e. The molecule has 5 nitrogen and oxygen atoms in total. The van der Waals surface area contributed by atoms with Crippen molar-refractivity contribution >= 4 is 29.9 Å². The van der Waals surface area contributed by atoms with Gasteiger partial charge in [0.2, 0.25) is 0 Å². The number of nitrogens with zero attached hydrogens (tertiary/aromatic N) is 2. The summed E-state index contributed by atoms with van der Waals surface area (Å²) in [5, 5.41) is 3.20. The largest absolute Gasteiger partial charge is 0.379 e. The van der Waals surface area contributed by atoms with E-state index in [0.717, 1.165) is 45.8 Å². The van der Waals surface area contributed by atoms with Gasteiger partial charge < -0.3 is 15.8 Å². The highest BCUT2D eigenvalue weighted by Crippen LogP contribution is 2.20. The molecule has 1 heterocycles. The molecule has 0 radical (unpaired) electrons. The van der Waals surface area contributed by atoms with Gasteiger partial charge in [0.05, 0.1) is 19.8 Å². The van der Waals surface area contributed by atoms with Gasteiger partial charge in [-0.05, 0) is 12.3 Å². The van der Waals surface area contributed by atoms with E-state index in [0.29, 0.717) is 17.9 Å². The topological polar surface area (TPSA) is 62.9 Å². The Kier molecular flexibility index (Phi) is 13.3. The number of ether oxygens (including phenoxy) is 1. The van der Waals surface area contributed by atoms with E-state index in [1.54, 1.807) is 0 Å². The summed E-state index contributed by atoms with van der Waals surface area (Å²) in [6.45, 7) is 12.1. The van der Waals surface area contributed by atoms with Crippen LogP contribution in [0.15, 0.2) is 4.99 Å². The molecule has 6 heteroatoms. The van der Waals surface area contributed by atoms with Crippen LogP contribution in [-0.4, -0.2) is 56.3 Å². The van der Waals surface area contributed by atoms with E-state index in [-0.39, 0.29) is 24.0 Å². The molecule has 3 N–H and O–H groups in total. The maximum atomic E-state index is 5.97. The molecule has 1 rings (SSSR count). The number of unbranched alkanes of at least 4 members (excludes halogenated alkanes) is 1.